The van der Waals surface area contributed by atoms with E-state index in [1.165, 1.54) is 0 Å². The fourth-order valence-corrected chi connectivity index (χ4v) is 6.02. The second kappa shape index (κ2) is 11.4. The minimum absolute atomic E-state index is 0.167. The zero-order valence-corrected chi connectivity index (χ0v) is 25.9. The Hall–Kier alpha value is -6.85. The van der Waals surface area contributed by atoms with E-state index in [0.29, 0.717) is 22.3 Å². The first-order valence-corrected chi connectivity index (χ1v) is 15.7. The summed E-state index contributed by atoms with van der Waals surface area (Å²) in [6.07, 6.45) is 0. The smallest absolute Gasteiger partial charge is 0.164 e. The molecule has 7 aromatic carbocycles. The number of hydrogen-bond acceptors (Lipinski definition) is 5. The summed E-state index contributed by atoms with van der Waals surface area (Å²) >= 11 is 0. The molecule has 0 saturated carbocycles. The highest BCUT2D eigenvalue weighted by Gasteiger charge is 2.16. The maximum absolute atomic E-state index is 9.26. The molecule has 0 saturated heterocycles. The van der Waals surface area contributed by atoms with Crippen molar-refractivity contribution in [3.63, 3.8) is 0 Å². The number of furan rings is 2. The van der Waals surface area contributed by atoms with Crippen molar-refractivity contribution >= 4 is 43.9 Å². The van der Waals surface area contributed by atoms with Gasteiger partial charge in [-0.25, -0.2) is 15.0 Å². The van der Waals surface area contributed by atoms with E-state index in [2.05, 4.69) is 0 Å². The first-order valence-electron chi connectivity index (χ1n) is 21.2. The van der Waals surface area contributed by atoms with Gasteiger partial charge in [-0.3, -0.25) is 0 Å². The predicted molar refractivity (Wildman–Crippen MR) is 202 cm³/mol. The summed E-state index contributed by atoms with van der Waals surface area (Å²) < 4.78 is 109. The molecule has 5 heteroatoms. The maximum atomic E-state index is 9.26. The van der Waals surface area contributed by atoms with E-state index >= 15 is 0 Å². The molecule has 0 fully saturated rings. The van der Waals surface area contributed by atoms with E-state index in [1.807, 2.05) is 91.0 Å². The Morgan fingerprint density at radius 2 is 0.940 bits per heavy atom. The summed E-state index contributed by atoms with van der Waals surface area (Å²) in [7, 11) is 0. The molecule has 0 unspecified atom stereocenters. The molecular weight excluding hydrogens is 615 g/mol. The number of benzene rings is 7. The van der Waals surface area contributed by atoms with Crippen molar-refractivity contribution in [1.29, 1.82) is 0 Å². The van der Waals surface area contributed by atoms with Crippen LogP contribution in [0.4, 0.5) is 0 Å². The van der Waals surface area contributed by atoms with Gasteiger partial charge in [0.1, 0.15) is 22.3 Å². The number of para-hydroxylation sites is 2. The van der Waals surface area contributed by atoms with Crippen LogP contribution in [0.5, 0.6) is 0 Å². The quantitative estimate of drug-likeness (QED) is 0.185. The fourth-order valence-electron chi connectivity index (χ4n) is 6.02. The number of nitrogens with zero attached hydrogens (tertiary/aromatic N) is 3. The van der Waals surface area contributed by atoms with Gasteiger partial charge in [-0.2, -0.15) is 0 Å². The van der Waals surface area contributed by atoms with Gasteiger partial charge in [0.15, 0.2) is 17.5 Å². The van der Waals surface area contributed by atoms with Crippen LogP contribution in [-0.4, -0.2) is 15.0 Å². The molecule has 0 aliphatic carbocycles. The van der Waals surface area contributed by atoms with Gasteiger partial charge >= 0.3 is 0 Å². The van der Waals surface area contributed by atoms with Crippen LogP contribution >= 0.6 is 0 Å². The lowest BCUT2D eigenvalue weighted by molar-refractivity contribution is 0.668. The van der Waals surface area contributed by atoms with Gasteiger partial charge in [-0.1, -0.05) is 127 Å². The van der Waals surface area contributed by atoms with Crippen LogP contribution in [0.1, 0.15) is 15.1 Å². The number of rotatable bonds is 5. The van der Waals surface area contributed by atoms with Crippen LogP contribution in [0.15, 0.2) is 172 Å². The molecule has 10 aromatic rings. The van der Waals surface area contributed by atoms with Crippen LogP contribution in [0, 0.1) is 0 Å². The third kappa shape index (κ3) is 4.83. The summed E-state index contributed by atoms with van der Waals surface area (Å²) in [5.41, 5.74) is 2.51. The Bertz CT molecular complexity index is 3470. The molecule has 0 N–H and O–H groups in total. The van der Waals surface area contributed by atoms with Gasteiger partial charge in [0, 0.05) is 38.2 Å². The van der Waals surface area contributed by atoms with Crippen LogP contribution < -0.4 is 0 Å². The summed E-state index contributed by atoms with van der Waals surface area (Å²) in [5, 5.41) is 1.43. The highest BCUT2D eigenvalue weighted by molar-refractivity contribution is 6.06. The highest BCUT2D eigenvalue weighted by Crippen LogP contribution is 2.35. The first kappa shape index (κ1) is 19.2. The molecule has 3 heterocycles. The second-order valence-corrected chi connectivity index (χ2v) is 11.6. The molecule has 234 valence electrons. The van der Waals surface area contributed by atoms with Gasteiger partial charge in [0.05, 0.1) is 15.1 Å². The van der Waals surface area contributed by atoms with Crippen molar-refractivity contribution < 1.29 is 23.9 Å². The topological polar surface area (TPSA) is 65.0 Å². The number of aromatic nitrogens is 3. The van der Waals surface area contributed by atoms with Crippen molar-refractivity contribution in [1.82, 2.24) is 15.0 Å². The van der Waals surface area contributed by atoms with E-state index in [1.54, 1.807) is 6.07 Å². The SMILES string of the molecule is [2H]c1c([2H])c(-c2c([2H])c([2H])c3c(oc4c([2H])c([2H])c([2H])c([2H])c43)c2[2H])c([2H])c([2H])c1-c1nc(-c2ccc(-c3ccccc3)cc2)nc(-c2ccc3c(c2)oc2ccccc23)n1. The molecule has 5 nitrogen and oxygen atoms in total. The van der Waals surface area contributed by atoms with Crippen LogP contribution in [0.3, 0.4) is 0 Å². The summed E-state index contributed by atoms with van der Waals surface area (Å²) in [6.45, 7) is 0. The lowest BCUT2D eigenvalue weighted by Crippen LogP contribution is -2.00. The average molecular weight is 653 g/mol. The molecule has 0 bridgehead atoms. The minimum atomic E-state index is -0.647. The van der Waals surface area contributed by atoms with E-state index in [0.717, 1.165) is 21.9 Å². The summed E-state index contributed by atoms with van der Waals surface area (Å²) in [4.78, 5) is 14.3. The van der Waals surface area contributed by atoms with Crippen molar-refractivity contribution in [3.8, 4) is 56.4 Å². The Kier molecular flexibility index (Phi) is 4.38. The normalized spacial score (nSPS) is 14.7. The minimum Gasteiger partial charge on any atom is -0.456 e. The van der Waals surface area contributed by atoms with Crippen molar-refractivity contribution in [2.45, 2.75) is 0 Å². The molecule has 0 aliphatic heterocycles. The Balaban J connectivity index is 1.18. The Morgan fingerprint density at radius 1 is 0.360 bits per heavy atom. The predicted octanol–water partition coefficient (Wildman–Crippen LogP) is 12.0. The molecular formula is C45H27N3O2. The molecule has 10 rings (SSSR count). The fraction of sp³-hybridized carbons (Fsp3) is 0. The molecule has 3 aromatic heterocycles. The third-order valence-corrected chi connectivity index (χ3v) is 8.51. The number of fused-ring (bicyclic) bond motifs is 6. The lowest BCUT2D eigenvalue weighted by atomic mass is 10.0. The summed E-state index contributed by atoms with van der Waals surface area (Å²) in [5.74, 6) is 0.186. The van der Waals surface area contributed by atoms with Crippen LogP contribution in [0.2, 0.25) is 0 Å². The van der Waals surface area contributed by atoms with E-state index < -0.39 is 77.6 Å². The lowest BCUT2D eigenvalue weighted by Gasteiger charge is -2.10. The standard InChI is InChI=1S/C45H27N3O2/c1-2-8-28(9-3-1)29-14-18-31(19-15-29)43-46-44(48-45(47-43)34-23-25-38-36-11-5-7-13-40(36)50-42(38)27-34)32-20-16-30(17-21-32)33-22-24-37-35-10-4-6-12-39(35)49-41(37)26-33/h1-27H/i4D,6D,10D,12D,16D,17D,20D,21D,22D,24D,26D. The first-order chi connectivity index (χ1) is 29.3. The van der Waals surface area contributed by atoms with Crippen molar-refractivity contribution in [2.24, 2.45) is 0 Å². The van der Waals surface area contributed by atoms with E-state index in [9.17, 15) is 5.48 Å². The zero-order valence-electron chi connectivity index (χ0n) is 36.9. The Morgan fingerprint density at radius 3 is 1.78 bits per heavy atom. The highest BCUT2D eigenvalue weighted by atomic mass is 16.3. The zero-order chi connectivity index (χ0) is 42.6. The Labute approximate surface area is 302 Å². The van der Waals surface area contributed by atoms with Gasteiger partial charge in [-0.15, -0.1) is 0 Å². The second-order valence-electron chi connectivity index (χ2n) is 11.6. The van der Waals surface area contributed by atoms with Crippen molar-refractivity contribution in [3.05, 3.63) is 164 Å². The molecule has 0 amide bonds. The van der Waals surface area contributed by atoms with Crippen molar-refractivity contribution in [2.75, 3.05) is 0 Å². The maximum Gasteiger partial charge on any atom is 0.164 e. The van der Waals surface area contributed by atoms with Gasteiger partial charge in [0.25, 0.3) is 0 Å². The molecule has 50 heavy (non-hydrogen) atoms. The van der Waals surface area contributed by atoms with Gasteiger partial charge in [-0.05, 0) is 58.6 Å². The molecule has 0 aliphatic rings. The van der Waals surface area contributed by atoms with Crippen LogP contribution in [-0.2, 0) is 0 Å². The van der Waals surface area contributed by atoms with E-state index in [4.69, 9.17) is 33.4 Å². The molecule has 0 radical (unpaired) electrons. The average Bonchev–Trinajstić information content (AvgIpc) is 3.87. The van der Waals surface area contributed by atoms with Gasteiger partial charge < -0.3 is 8.83 Å². The summed E-state index contributed by atoms with van der Waals surface area (Å²) in [6, 6.07) is 24.0. The third-order valence-electron chi connectivity index (χ3n) is 8.51. The van der Waals surface area contributed by atoms with Crippen LogP contribution in [0.25, 0.3) is 100 Å². The molecule has 0 spiro atoms. The number of hydrogen-bond donors (Lipinski definition) is 0. The van der Waals surface area contributed by atoms with Gasteiger partial charge in [0.2, 0.25) is 0 Å². The molecule has 0 atom stereocenters. The van der Waals surface area contributed by atoms with E-state index in [-0.39, 0.29) is 45.0 Å². The monoisotopic (exact) mass is 652 g/mol. The largest absolute Gasteiger partial charge is 0.456 e.